The number of unbranched alkanes of at least 4 members (excludes halogenated alkanes) is 1. The monoisotopic (exact) mass is 231 g/mol. The molecule has 1 aromatic rings. The van der Waals surface area contributed by atoms with Gasteiger partial charge in [0.15, 0.2) is 0 Å². The molecule has 0 fully saturated rings. The van der Waals surface area contributed by atoms with E-state index in [1.54, 1.807) is 12.1 Å². The SMILES string of the molecule is CCCCc1ccc(OC[B-](F)(F)F)cc1. The molecular formula is C11H15BF3O-. The lowest BCUT2D eigenvalue weighted by Crippen LogP contribution is -2.26. The van der Waals surface area contributed by atoms with Gasteiger partial charge in [-0.1, -0.05) is 25.5 Å². The largest absolute Gasteiger partial charge is 0.522 e. The Hall–Kier alpha value is -1.13. The van der Waals surface area contributed by atoms with E-state index < -0.39 is 13.5 Å². The summed E-state index contributed by atoms with van der Waals surface area (Å²) < 4.78 is 40.4. The summed E-state index contributed by atoms with van der Waals surface area (Å²) in [5, 5.41) is 0. The van der Waals surface area contributed by atoms with Gasteiger partial charge in [-0.2, -0.15) is 0 Å². The molecule has 0 aliphatic carbocycles. The third-order valence-electron chi connectivity index (χ3n) is 2.18. The van der Waals surface area contributed by atoms with E-state index in [2.05, 4.69) is 11.7 Å². The van der Waals surface area contributed by atoms with Crippen molar-refractivity contribution < 1.29 is 17.7 Å². The van der Waals surface area contributed by atoms with Crippen molar-refractivity contribution in [3.63, 3.8) is 0 Å². The van der Waals surface area contributed by atoms with Crippen LogP contribution in [0.1, 0.15) is 25.3 Å². The first-order valence-electron chi connectivity index (χ1n) is 5.44. The van der Waals surface area contributed by atoms with E-state index >= 15 is 0 Å². The summed E-state index contributed by atoms with van der Waals surface area (Å²) in [6.07, 6.45) is 3.15. The van der Waals surface area contributed by atoms with Crippen LogP contribution >= 0.6 is 0 Å². The van der Waals surface area contributed by atoms with Crippen LogP contribution in [-0.2, 0) is 6.42 Å². The van der Waals surface area contributed by atoms with Crippen molar-refractivity contribution >= 4 is 6.98 Å². The smallest absolute Gasteiger partial charge is 0.515 e. The molecule has 0 spiro atoms. The second-order valence-corrected chi connectivity index (χ2v) is 3.77. The van der Waals surface area contributed by atoms with Gasteiger partial charge in [-0.05, 0) is 30.5 Å². The lowest BCUT2D eigenvalue weighted by atomic mass is 9.95. The number of rotatable bonds is 6. The number of hydrogen-bond donors (Lipinski definition) is 0. The highest BCUT2D eigenvalue weighted by atomic mass is 19.4. The molecule has 90 valence electrons. The summed E-state index contributed by atoms with van der Waals surface area (Å²) in [5.41, 5.74) is 1.13. The average Bonchev–Trinajstić information content (AvgIpc) is 2.24. The zero-order valence-electron chi connectivity index (χ0n) is 9.26. The van der Waals surface area contributed by atoms with Crippen LogP contribution < -0.4 is 4.74 Å². The molecule has 0 saturated carbocycles. The molecule has 0 N–H and O–H groups in total. The Morgan fingerprint density at radius 2 is 1.75 bits per heavy atom. The highest BCUT2D eigenvalue weighted by Crippen LogP contribution is 2.16. The summed E-state index contributed by atoms with van der Waals surface area (Å²) in [4.78, 5) is 0. The van der Waals surface area contributed by atoms with Gasteiger partial charge >= 0.3 is 6.98 Å². The first-order valence-corrected chi connectivity index (χ1v) is 5.44. The van der Waals surface area contributed by atoms with Crippen molar-refractivity contribution in [3.8, 4) is 5.75 Å². The quantitative estimate of drug-likeness (QED) is 0.676. The molecule has 0 radical (unpaired) electrons. The van der Waals surface area contributed by atoms with E-state index in [1.807, 2.05) is 12.1 Å². The Balaban J connectivity index is 2.45. The van der Waals surface area contributed by atoms with Gasteiger partial charge in [-0.3, -0.25) is 0 Å². The summed E-state index contributed by atoms with van der Waals surface area (Å²) in [5.74, 6) is 0.277. The number of aryl methyl sites for hydroxylation is 1. The summed E-state index contributed by atoms with van der Waals surface area (Å²) in [7, 11) is 0. The minimum absolute atomic E-state index is 0.277. The normalized spacial score (nSPS) is 11.5. The first kappa shape index (κ1) is 12.9. The highest BCUT2D eigenvalue weighted by molar-refractivity contribution is 6.58. The molecule has 0 aliphatic heterocycles. The maximum absolute atomic E-state index is 11.9. The fourth-order valence-electron chi connectivity index (χ4n) is 1.32. The second kappa shape index (κ2) is 5.82. The van der Waals surface area contributed by atoms with Crippen LogP contribution in [0.25, 0.3) is 0 Å². The maximum Gasteiger partial charge on any atom is 0.515 e. The van der Waals surface area contributed by atoms with Gasteiger partial charge in [-0.15, -0.1) is 0 Å². The average molecular weight is 231 g/mol. The van der Waals surface area contributed by atoms with Crippen molar-refractivity contribution in [1.82, 2.24) is 0 Å². The highest BCUT2D eigenvalue weighted by Gasteiger charge is 2.23. The van der Waals surface area contributed by atoms with Gasteiger partial charge in [0.25, 0.3) is 0 Å². The van der Waals surface area contributed by atoms with E-state index in [1.165, 1.54) is 0 Å². The molecule has 1 rings (SSSR count). The van der Waals surface area contributed by atoms with Gasteiger partial charge in [-0.25, -0.2) is 0 Å². The molecule has 0 bridgehead atoms. The number of ether oxygens (including phenoxy) is 1. The van der Waals surface area contributed by atoms with E-state index in [0.717, 1.165) is 24.8 Å². The molecule has 0 atom stereocenters. The van der Waals surface area contributed by atoms with E-state index in [0.29, 0.717) is 0 Å². The van der Waals surface area contributed by atoms with E-state index in [-0.39, 0.29) is 5.75 Å². The molecule has 5 heteroatoms. The first-order chi connectivity index (χ1) is 7.51. The number of halogens is 3. The zero-order valence-corrected chi connectivity index (χ0v) is 9.26. The minimum atomic E-state index is -4.87. The van der Waals surface area contributed by atoms with Crippen LogP contribution in [0.3, 0.4) is 0 Å². The predicted octanol–water partition coefficient (Wildman–Crippen LogP) is 3.79. The Morgan fingerprint density at radius 3 is 2.25 bits per heavy atom. The molecule has 0 amide bonds. The van der Waals surface area contributed by atoms with Crippen LogP contribution in [0.2, 0.25) is 0 Å². The molecule has 0 saturated heterocycles. The molecule has 16 heavy (non-hydrogen) atoms. The predicted molar refractivity (Wildman–Crippen MR) is 59.6 cm³/mol. The standard InChI is InChI=1S/C11H15BF3O/c1-2-3-4-10-5-7-11(8-6-10)16-9-12(13,14)15/h5-8H,2-4,9H2,1H3/q-1. The van der Waals surface area contributed by atoms with Gasteiger partial charge in [0.2, 0.25) is 0 Å². The Bertz CT molecular complexity index is 308. The fraction of sp³-hybridized carbons (Fsp3) is 0.455. The van der Waals surface area contributed by atoms with Crippen molar-refractivity contribution in [3.05, 3.63) is 29.8 Å². The third-order valence-corrected chi connectivity index (χ3v) is 2.18. The third kappa shape index (κ3) is 5.10. The van der Waals surface area contributed by atoms with Crippen LogP contribution in [0.4, 0.5) is 12.9 Å². The van der Waals surface area contributed by atoms with Crippen molar-refractivity contribution in [2.24, 2.45) is 0 Å². The molecule has 0 heterocycles. The Morgan fingerprint density at radius 1 is 1.12 bits per heavy atom. The number of benzene rings is 1. The number of hydrogen-bond acceptors (Lipinski definition) is 1. The Labute approximate surface area is 93.7 Å². The van der Waals surface area contributed by atoms with Crippen LogP contribution in [0.5, 0.6) is 5.75 Å². The minimum Gasteiger partial charge on any atom is -0.522 e. The lowest BCUT2D eigenvalue weighted by Gasteiger charge is -2.15. The van der Waals surface area contributed by atoms with E-state index in [9.17, 15) is 12.9 Å². The molecule has 0 unspecified atom stereocenters. The van der Waals surface area contributed by atoms with Crippen molar-refractivity contribution in [2.45, 2.75) is 26.2 Å². The molecule has 1 aromatic carbocycles. The summed E-state index contributed by atoms with van der Waals surface area (Å²) >= 11 is 0. The van der Waals surface area contributed by atoms with Crippen LogP contribution in [-0.4, -0.2) is 13.5 Å². The van der Waals surface area contributed by atoms with Gasteiger partial charge in [0, 0.05) is 0 Å². The van der Waals surface area contributed by atoms with Crippen LogP contribution in [0.15, 0.2) is 24.3 Å². The second-order valence-electron chi connectivity index (χ2n) is 3.77. The van der Waals surface area contributed by atoms with Gasteiger partial charge < -0.3 is 17.7 Å². The molecule has 0 aromatic heterocycles. The van der Waals surface area contributed by atoms with E-state index in [4.69, 9.17) is 0 Å². The fourth-order valence-corrected chi connectivity index (χ4v) is 1.32. The zero-order chi connectivity index (χ0) is 12.0. The molecular weight excluding hydrogens is 216 g/mol. The lowest BCUT2D eigenvalue weighted by molar-refractivity contribution is 0.313. The summed E-state index contributed by atoms with van der Waals surface area (Å²) in [6.45, 7) is -3.94. The van der Waals surface area contributed by atoms with Gasteiger partial charge in [0.05, 0.1) is 6.51 Å². The van der Waals surface area contributed by atoms with Crippen molar-refractivity contribution in [1.29, 1.82) is 0 Å². The summed E-state index contributed by atoms with van der Waals surface area (Å²) in [6, 6.07) is 6.81. The van der Waals surface area contributed by atoms with Crippen LogP contribution in [0, 0.1) is 0 Å². The Kier molecular flexibility index (Phi) is 4.71. The maximum atomic E-state index is 11.9. The topological polar surface area (TPSA) is 9.23 Å². The molecule has 0 aliphatic rings. The molecule has 1 nitrogen and oxygen atoms in total. The van der Waals surface area contributed by atoms with Crippen molar-refractivity contribution in [2.75, 3.05) is 6.51 Å². The van der Waals surface area contributed by atoms with Gasteiger partial charge in [0.1, 0.15) is 5.75 Å².